The standard InChI is InChI=1S/C22H31N5O3/c1-5-8-24-21-17(22(29)25(2)3)14-23-15-19(21)27-11-9-26(10-12-27)18-7-6-16(28)13-20(18)30-4/h6-7,13-15,28H,5,8-12H2,1-4H3,(H,23,24). The van der Waals surface area contributed by atoms with E-state index in [9.17, 15) is 9.90 Å². The normalized spacial score (nSPS) is 13.9. The Morgan fingerprint density at radius 2 is 1.83 bits per heavy atom. The highest BCUT2D eigenvalue weighted by molar-refractivity contribution is 6.02. The number of phenolic OH excluding ortho intramolecular Hbond substituents is 1. The number of nitrogens with one attached hydrogen (secondary N) is 1. The predicted octanol–water partition coefficient (Wildman–Crippen LogP) is 2.65. The van der Waals surface area contributed by atoms with Crippen molar-refractivity contribution in [3.63, 3.8) is 0 Å². The van der Waals surface area contributed by atoms with E-state index >= 15 is 0 Å². The fraction of sp³-hybridized carbons (Fsp3) is 0.455. The number of amides is 1. The van der Waals surface area contributed by atoms with Gasteiger partial charge < -0.3 is 29.9 Å². The van der Waals surface area contributed by atoms with Crippen LogP contribution in [0, 0.1) is 0 Å². The largest absolute Gasteiger partial charge is 0.508 e. The summed E-state index contributed by atoms with van der Waals surface area (Å²) in [5.41, 5.74) is 3.36. The first kappa shape index (κ1) is 21.5. The SMILES string of the molecule is CCCNc1c(C(=O)N(C)C)cncc1N1CCN(c2ccc(O)cc2OC)CC1. The molecule has 0 spiro atoms. The van der Waals surface area contributed by atoms with Crippen molar-refractivity contribution in [3.05, 3.63) is 36.2 Å². The number of carbonyl (C=O) groups excluding carboxylic acids is 1. The number of pyridine rings is 1. The number of anilines is 3. The molecule has 0 bridgehead atoms. The van der Waals surface area contributed by atoms with E-state index in [4.69, 9.17) is 4.74 Å². The van der Waals surface area contributed by atoms with Crippen molar-refractivity contribution < 1.29 is 14.6 Å². The molecule has 2 heterocycles. The van der Waals surface area contributed by atoms with E-state index in [2.05, 4.69) is 27.0 Å². The number of ether oxygens (including phenoxy) is 1. The maximum atomic E-state index is 12.7. The third-order valence-corrected chi connectivity index (χ3v) is 5.24. The summed E-state index contributed by atoms with van der Waals surface area (Å²) in [5, 5.41) is 13.2. The number of rotatable bonds is 7. The summed E-state index contributed by atoms with van der Waals surface area (Å²) < 4.78 is 5.44. The molecule has 2 aromatic rings. The molecule has 0 atom stereocenters. The highest BCUT2D eigenvalue weighted by atomic mass is 16.5. The molecule has 1 aliphatic heterocycles. The zero-order valence-corrected chi connectivity index (χ0v) is 18.2. The Bertz CT molecular complexity index is 879. The second-order valence-corrected chi connectivity index (χ2v) is 7.54. The summed E-state index contributed by atoms with van der Waals surface area (Å²) in [5.74, 6) is 0.790. The maximum absolute atomic E-state index is 12.7. The van der Waals surface area contributed by atoms with Crippen molar-refractivity contribution in [2.75, 3.05) is 69.0 Å². The molecule has 162 valence electrons. The van der Waals surface area contributed by atoms with Crippen molar-refractivity contribution in [2.24, 2.45) is 0 Å². The molecule has 1 aromatic carbocycles. The lowest BCUT2D eigenvalue weighted by Crippen LogP contribution is -2.47. The van der Waals surface area contributed by atoms with Crippen molar-refractivity contribution in [2.45, 2.75) is 13.3 Å². The number of piperazine rings is 1. The lowest BCUT2D eigenvalue weighted by molar-refractivity contribution is 0.0828. The van der Waals surface area contributed by atoms with Crippen LogP contribution in [0.25, 0.3) is 0 Å². The van der Waals surface area contributed by atoms with E-state index in [-0.39, 0.29) is 11.7 Å². The smallest absolute Gasteiger partial charge is 0.257 e. The minimum Gasteiger partial charge on any atom is -0.508 e. The lowest BCUT2D eigenvalue weighted by atomic mass is 10.1. The minimum atomic E-state index is -0.0598. The topological polar surface area (TPSA) is 81.2 Å². The average molecular weight is 414 g/mol. The zero-order valence-electron chi connectivity index (χ0n) is 18.2. The summed E-state index contributed by atoms with van der Waals surface area (Å²) in [6, 6.07) is 5.20. The predicted molar refractivity (Wildman–Crippen MR) is 120 cm³/mol. The van der Waals surface area contributed by atoms with Gasteiger partial charge in [0.1, 0.15) is 11.5 Å². The third kappa shape index (κ3) is 4.53. The van der Waals surface area contributed by atoms with Gasteiger partial charge in [-0.05, 0) is 18.6 Å². The second kappa shape index (κ2) is 9.56. The van der Waals surface area contributed by atoms with Gasteiger partial charge in [0.2, 0.25) is 0 Å². The monoisotopic (exact) mass is 413 g/mol. The number of aromatic nitrogens is 1. The van der Waals surface area contributed by atoms with Gasteiger partial charge in [0.05, 0.1) is 35.9 Å². The number of phenols is 1. The molecule has 1 amide bonds. The Labute approximate surface area is 178 Å². The van der Waals surface area contributed by atoms with E-state index in [1.165, 1.54) is 0 Å². The van der Waals surface area contributed by atoms with Crippen molar-refractivity contribution in [1.29, 1.82) is 0 Å². The fourth-order valence-corrected chi connectivity index (χ4v) is 3.64. The van der Waals surface area contributed by atoms with E-state index in [0.29, 0.717) is 11.3 Å². The molecular formula is C22H31N5O3. The van der Waals surface area contributed by atoms with Crippen LogP contribution in [-0.2, 0) is 0 Å². The Morgan fingerprint density at radius 1 is 1.17 bits per heavy atom. The van der Waals surface area contributed by atoms with Gasteiger partial charge in [0.25, 0.3) is 5.91 Å². The van der Waals surface area contributed by atoms with Crippen LogP contribution in [0.2, 0.25) is 0 Å². The van der Waals surface area contributed by atoms with Gasteiger partial charge >= 0.3 is 0 Å². The summed E-state index contributed by atoms with van der Waals surface area (Å²) in [6.07, 6.45) is 4.44. The molecule has 0 aliphatic carbocycles. The van der Waals surface area contributed by atoms with E-state index in [0.717, 1.165) is 56.2 Å². The van der Waals surface area contributed by atoms with Crippen LogP contribution in [-0.4, -0.2) is 74.8 Å². The number of benzene rings is 1. The quantitative estimate of drug-likeness (QED) is 0.722. The van der Waals surface area contributed by atoms with Gasteiger partial charge in [-0.15, -0.1) is 0 Å². The molecule has 8 nitrogen and oxygen atoms in total. The number of nitrogens with zero attached hydrogens (tertiary/aromatic N) is 4. The van der Waals surface area contributed by atoms with Gasteiger partial charge in [-0.2, -0.15) is 0 Å². The lowest BCUT2D eigenvalue weighted by Gasteiger charge is -2.38. The van der Waals surface area contributed by atoms with Crippen LogP contribution in [0.15, 0.2) is 30.6 Å². The molecule has 1 fully saturated rings. The first-order valence-corrected chi connectivity index (χ1v) is 10.3. The molecule has 1 aromatic heterocycles. The summed E-state index contributed by atoms with van der Waals surface area (Å²) in [4.78, 5) is 23.1. The van der Waals surface area contributed by atoms with Gasteiger partial charge in [0.15, 0.2) is 0 Å². The zero-order chi connectivity index (χ0) is 21.7. The van der Waals surface area contributed by atoms with Gasteiger partial charge in [-0.25, -0.2) is 0 Å². The molecule has 2 N–H and O–H groups in total. The fourth-order valence-electron chi connectivity index (χ4n) is 3.64. The van der Waals surface area contributed by atoms with E-state index in [1.54, 1.807) is 44.4 Å². The summed E-state index contributed by atoms with van der Waals surface area (Å²) >= 11 is 0. The van der Waals surface area contributed by atoms with Crippen LogP contribution >= 0.6 is 0 Å². The summed E-state index contributed by atoms with van der Waals surface area (Å²) in [7, 11) is 5.12. The third-order valence-electron chi connectivity index (χ3n) is 5.24. The Morgan fingerprint density at radius 3 is 2.43 bits per heavy atom. The molecule has 1 aliphatic rings. The van der Waals surface area contributed by atoms with Crippen LogP contribution in [0.3, 0.4) is 0 Å². The molecule has 0 unspecified atom stereocenters. The van der Waals surface area contributed by atoms with Crippen LogP contribution in [0.4, 0.5) is 17.1 Å². The maximum Gasteiger partial charge on any atom is 0.257 e. The summed E-state index contributed by atoms with van der Waals surface area (Å²) in [6.45, 7) is 6.04. The van der Waals surface area contributed by atoms with Crippen LogP contribution in [0.1, 0.15) is 23.7 Å². The number of hydrogen-bond acceptors (Lipinski definition) is 7. The number of carbonyl (C=O) groups is 1. The van der Waals surface area contributed by atoms with Crippen molar-refractivity contribution >= 4 is 23.0 Å². The Balaban J connectivity index is 1.83. The molecule has 0 saturated carbocycles. The first-order valence-electron chi connectivity index (χ1n) is 10.3. The number of hydrogen-bond donors (Lipinski definition) is 2. The van der Waals surface area contributed by atoms with Crippen molar-refractivity contribution in [3.8, 4) is 11.5 Å². The van der Waals surface area contributed by atoms with Crippen LogP contribution < -0.4 is 19.9 Å². The molecule has 8 heteroatoms. The Kier molecular flexibility index (Phi) is 6.87. The minimum absolute atomic E-state index is 0.0598. The number of methoxy groups -OCH3 is 1. The highest BCUT2D eigenvalue weighted by Gasteiger charge is 2.25. The second-order valence-electron chi connectivity index (χ2n) is 7.54. The van der Waals surface area contributed by atoms with Crippen molar-refractivity contribution in [1.82, 2.24) is 9.88 Å². The molecule has 30 heavy (non-hydrogen) atoms. The molecular weight excluding hydrogens is 382 g/mol. The van der Waals surface area contributed by atoms with E-state index in [1.807, 2.05) is 12.3 Å². The average Bonchev–Trinajstić information content (AvgIpc) is 2.77. The van der Waals surface area contributed by atoms with Crippen LogP contribution in [0.5, 0.6) is 11.5 Å². The Hall–Kier alpha value is -3.16. The van der Waals surface area contributed by atoms with Gasteiger partial charge in [-0.3, -0.25) is 9.78 Å². The molecule has 0 radical (unpaired) electrons. The van der Waals surface area contributed by atoms with E-state index < -0.39 is 0 Å². The first-order chi connectivity index (χ1) is 14.5. The van der Waals surface area contributed by atoms with Gasteiger partial charge in [-0.1, -0.05) is 6.92 Å². The van der Waals surface area contributed by atoms with Gasteiger partial charge in [0, 0.05) is 59.1 Å². The highest BCUT2D eigenvalue weighted by Crippen LogP contribution is 2.34. The molecule has 1 saturated heterocycles. The molecule has 3 rings (SSSR count). The number of aromatic hydroxyl groups is 1.